The Kier molecular flexibility index (Phi) is 3.25. The van der Waals surface area contributed by atoms with Gasteiger partial charge in [0, 0.05) is 13.2 Å². The summed E-state index contributed by atoms with van der Waals surface area (Å²) in [4.78, 5) is 11.1. The predicted molar refractivity (Wildman–Crippen MR) is 45.4 cm³/mol. The molecule has 0 saturated heterocycles. The van der Waals surface area contributed by atoms with Gasteiger partial charge in [-0.15, -0.1) is 0 Å². The van der Waals surface area contributed by atoms with E-state index in [0.29, 0.717) is 18.2 Å². The van der Waals surface area contributed by atoms with Crippen LogP contribution in [0.3, 0.4) is 0 Å². The summed E-state index contributed by atoms with van der Waals surface area (Å²) in [6.07, 6.45) is 1.43. The van der Waals surface area contributed by atoms with Crippen LogP contribution in [-0.2, 0) is 11.3 Å². The van der Waals surface area contributed by atoms with E-state index in [1.165, 1.54) is 16.9 Å². The van der Waals surface area contributed by atoms with E-state index in [1.54, 1.807) is 7.11 Å². The fourth-order valence-corrected chi connectivity index (χ4v) is 0.894. The molecule has 12 heavy (non-hydrogen) atoms. The second kappa shape index (κ2) is 4.23. The van der Waals surface area contributed by atoms with E-state index in [1.807, 2.05) is 0 Å². The van der Waals surface area contributed by atoms with Crippen molar-refractivity contribution < 1.29 is 4.74 Å². The van der Waals surface area contributed by atoms with E-state index in [4.69, 9.17) is 16.3 Å². The lowest BCUT2D eigenvalue weighted by atomic mass is 10.5. The lowest BCUT2D eigenvalue weighted by Crippen LogP contribution is -2.23. The second-order valence-electron chi connectivity index (χ2n) is 2.23. The monoisotopic (exact) mass is 188 g/mol. The zero-order valence-corrected chi connectivity index (χ0v) is 7.41. The third-order valence-corrected chi connectivity index (χ3v) is 1.55. The molecule has 1 rings (SSSR count). The maximum absolute atomic E-state index is 11.1. The molecule has 0 fully saturated rings. The summed E-state index contributed by atoms with van der Waals surface area (Å²) in [7, 11) is 1.57. The summed E-state index contributed by atoms with van der Waals surface area (Å²) >= 11 is 5.54. The number of hydrogen-bond donors (Lipinski definition) is 0. The molecule has 0 spiro atoms. The molecule has 5 heteroatoms. The molecule has 0 aromatic carbocycles. The van der Waals surface area contributed by atoms with Crippen molar-refractivity contribution >= 4 is 11.6 Å². The average molecular weight is 189 g/mol. The molecule has 0 aliphatic rings. The molecule has 0 bridgehead atoms. The maximum atomic E-state index is 11.1. The molecule has 0 aliphatic carbocycles. The van der Waals surface area contributed by atoms with Crippen molar-refractivity contribution in [2.24, 2.45) is 0 Å². The van der Waals surface area contributed by atoms with Crippen LogP contribution in [0.5, 0.6) is 0 Å². The number of rotatable bonds is 3. The lowest BCUT2D eigenvalue weighted by Gasteiger charge is -2.01. The summed E-state index contributed by atoms with van der Waals surface area (Å²) in [6, 6.07) is 1.32. The summed E-state index contributed by atoms with van der Waals surface area (Å²) in [5.41, 5.74) is -0.209. The largest absolute Gasteiger partial charge is 0.383 e. The third-order valence-electron chi connectivity index (χ3n) is 1.34. The summed E-state index contributed by atoms with van der Waals surface area (Å²) in [6.45, 7) is 0.918. The molecule has 1 aromatic heterocycles. The highest BCUT2D eigenvalue weighted by molar-refractivity contribution is 6.30. The highest BCUT2D eigenvalue weighted by atomic mass is 35.5. The molecule has 0 atom stereocenters. The molecule has 66 valence electrons. The van der Waals surface area contributed by atoms with Crippen LogP contribution in [0.15, 0.2) is 17.1 Å². The zero-order valence-electron chi connectivity index (χ0n) is 6.66. The third kappa shape index (κ3) is 2.32. The number of ether oxygens (including phenoxy) is 1. The first kappa shape index (κ1) is 9.22. The van der Waals surface area contributed by atoms with Gasteiger partial charge in [0.25, 0.3) is 5.56 Å². The number of hydrogen-bond acceptors (Lipinski definition) is 3. The Morgan fingerprint density at radius 1 is 1.75 bits per heavy atom. The molecule has 0 radical (unpaired) electrons. The normalized spacial score (nSPS) is 10.2. The second-order valence-corrected chi connectivity index (χ2v) is 2.66. The van der Waals surface area contributed by atoms with Crippen LogP contribution < -0.4 is 5.56 Å². The van der Waals surface area contributed by atoms with Gasteiger partial charge in [0.1, 0.15) is 0 Å². The molecule has 1 heterocycles. The summed E-state index contributed by atoms with van der Waals surface area (Å²) < 4.78 is 6.10. The molecule has 0 aliphatic heterocycles. The first-order valence-corrected chi connectivity index (χ1v) is 3.83. The van der Waals surface area contributed by atoms with E-state index in [2.05, 4.69) is 5.10 Å². The first-order valence-electron chi connectivity index (χ1n) is 3.45. The minimum absolute atomic E-state index is 0.209. The summed E-state index contributed by atoms with van der Waals surface area (Å²) in [5, 5.41) is 4.16. The fourth-order valence-electron chi connectivity index (χ4n) is 0.757. The number of aromatic nitrogens is 2. The number of nitrogens with zero attached hydrogens (tertiary/aromatic N) is 2. The zero-order chi connectivity index (χ0) is 8.97. The van der Waals surface area contributed by atoms with Crippen molar-refractivity contribution in [2.75, 3.05) is 13.7 Å². The first-order chi connectivity index (χ1) is 5.74. The highest BCUT2D eigenvalue weighted by Crippen LogP contribution is 1.98. The molecule has 0 amide bonds. The Morgan fingerprint density at radius 2 is 2.50 bits per heavy atom. The molecular weight excluding hydrogens is 180 g/mol. The van der Waals surface area contributed by atoms with Crippen molar-refractivity contribution in [1.29, 1.82) is 0 Å². The number of methoxy groups -OCH3 is 1. The van der Waals surface area contributed by atoms with Gasteiger partial charge in [-0.25, -0.2) is 4.68 Å². The van der Waals surface area contributed by atoms with Crippen LogP contribution in [0.4, 0.5) is 0 Å². The molecule has 0 unspecified atom stereocenters. The van der Waals surface area contributed by atoms with Crippen LogP contribution in [0.25, 0.3) is 0 Å². The Labute approximate surface area is 74.7 Å². The van der Waals surface area contributed by atoms with Crippen LogP contribution in [0.1, 0.15) is 0 Å². The standard InChI is InChI=1S/C7H9ClN2O2/c1-12-3-2-10-7(11)4-6(8)5-9-10/h4-5H,2-3H2,1H3. The van der Waals surface area contributed by atoms with Crippen LogP contribution >= 0.6 is 11.6 Å². The van der Waals surface area contributed by atoms with Gasteiger partial charge < -0.3 is 4.74 Å². The van der Waals surface area contributed by atoms with Crippen LogP contribution in [0, 0.1) is 0 Å². The van der Waals surface area contributed by atoms with E-state index >= 15 is 0 Å². The van der Waals surface area contributed by atoms with Crippen molar-refractivity contribution in [3.8, 4) is 0 Å². The molecule has 4 nitrogen and oxygen atoms in total. The predicted octanol–water partition coefficient (Wildman–Crippen LogP) is 0.543. The smallest absolute Gasteiger partial charge is 0.268 e. The quantitative estimate of drug-likeness (QED) is 0.696. The molecule has 1 aromatic rings. The Bertz CT molecular complexity index is 311. The maximum Gasteiger partial charge on any atom is 0.268 e. The minimum Gasteiger partial charge on any atom is -0.383 e. The van der Waals surface area contributed by atoms with Crippen molar-refractivity contribution in [1.82, 2.24) is 9.78 Å². The van der Waals surface area contributed by atoms with E-state index < -0.39 is 0 Å². The highest BCUT2D eigenvalue weighted by Gasteiger charge is 1.96. The fraction of sp³-hybridized carbons (Fsp3) is 0.429. The van der Waals surface area contributed by atoms with Crippen molar-refractivity contribution in [3.05, 3.63) is 27.6 Å². The van der Waals surface area contributed by atoms with Gasteiger partial charge in [0.05, 0.1) is 24.4 Å². The van der Waals surface area contributed by atoms with Gasteiger partial charge >= 0.3 is 0 Å². The lowest BCUT2D eigenvalue weighted by molar-refractivity contribution is 0.182. The van der Waals surface area contributed by atoms with E-state index in [-0.39, 0.29) is 5.56 Å². The minimum atomic E-state index is -0.209. The van der Waals surface area contributed by atoms with E-state index in [9.17, 15) is 4.79 Å². The molecule has 0 saturated carbocycles. The number of halogens is 1. The Morgan fingerprint density at radius 3 is 3.08 bits per heavy atom. The Balaban J connectivity index is 2.80. The molecule has 0 N–H and O–H groups in total. The van der Waals surface area contributed by atoms with E-state index in [0.717, 1.165) is 0 Å². The summed E-state index contributed by atoms with van der Waals surface area (Å²) in [5.74, 6) is 0. The SMILES string of the molecule is COCCn1ncc(Cl)cc1=O. The van der Waals surface area contributed by atoms with Gasteiger partial charge in [-0.1, -0.05) is 11.6 Å². The Hall–Kier alpha value is -0.870. The van der Waals surface area contributed by atoms with Crippen molar-refractivity contribution in [3.63, 3.8) is 0 Å². The molecular formula is C7H9ClN2O2. The van der Waals surface area contributed by atoms with Crippen LogP contribution in [-0.4, -0.2) is 23.5 Å². The van der Waals surface area contributed by atoms with Gasteiger partial charge in [-0.05, 0) is 0 Å². The van der Waals surface area contributed by atoms with Crippen LogP contribution in [0.2, 0.25) is 5.02 Å². The van der Waals surface area contributed by atoms with Gasteiger partial charge in [0.15, 0.2) is 0 Å². The average Bonchev–Trinajstić information content (AvgIpc) is 2.03. The van der Waals surface area contributed by atoms with Gasteiger partial charge in [-0.2, -0.15) is 5.10 Å². The topological polar surface area (TPSA) is 44.1 Å². The van der Waals surface area contributed by atoms with Gasteiger partial charge in [0.2, 0.25) is 0 Å². The van der Waals surface area contributed by atoms with Crippen molar-refractivity contribution in [2.45, 2.75) is 6.54 Å². The van der Waals surface area contributed by atoms with Gasteiger partial charge in [-0.3, -0.25) is 4.79 Å².